The van der Waals surface area contributed by atoms with Gasteiger partial charge in [0.05, 0.1) is 11.4 Å². The smallest absolute Gasteiger partial charge is 0.410 e. The van der Waals surface area contributed by atoms with Gasteiger partial charge in [0, 0.05) is 56.5 Å². The molecule has 0 N–H and O–H groups in total. The van der Waals surface area contributed by atoms with Crippen LogP contribution in [0.2, 0.25) is 0 Å². The highest BCUT2D eigenvalue weighted by molar-refractivity contribution is 5.91. The van der Waals surface area contributed by atoms with Gasteiger partial charge in [-0.3, -0.25) is 9.78 Å². The molecule has 0 spiro atoms. The lowest BCUT2D eigenvalue weighted by atomic mass is 9.96. The van der Waals surface area contributed by atoms with Crippen LogP contribution >= 0.6 is 0 Å². The van der Waals surface area contributed by atoms with Crippen molar-refractivity contribution in [1.82, 2.24) is 14.8 Å². The van der Waals surface area contributed by atoms with Crippen molar-refractivity contribution in [2.24, 2.45) is 5.92 Å². The van der Waals surface area contributed by atoms with E-state index in [4.69, 9.17) is 4.74 Å². The van der Waals surface area contributed by atoms with Gasteiger partial charge >= 0.3 is 6.09 Å². The zero-order valence-corrected chi connectivity index (χ0v) is 18.7. The molecule has 1 atom stereocenters. The maximum atomic E-state index is 13.2. The minimum Gasteiger partial charge on any atom is -0.444 e. The number of benzene rings is 1. The molecular formula is C24H32N4O3. The molecule has 2 aromatic rings. The molecule has 7 heteroatoms. The van der Waals surface area contributed by atoms with Gasteiger partial charge in [0.15, 0.2) is 0 Å². The number of likely N-dealkylation sites (tertiary alicyclic amines) is 1. The molecule has 2 saturated heterocycles. The van der Waals surface area contributed by atoms with Crippen LogP contribution in [0, 0.1) is 5.92 Å². The van der Waals surface area contributed by atoms with Crippen LogP contribution in [0.5, 0.6) is 0 Å². The van der Waals surface area contributed by atoms with Crippen molar-refractivity contribution in [2.45, 2.75) is 39.2 Å². The summed E-state index contributed by atoms with van der Waals surface area (Å²) in [6.45, 7) is 9.67. The van der Waals surface area contributed by atoms with Crippen molar-refractivity contribution in [3.63, 3.8) is 0 Å². The monoisotopic (exact) mass is 424 g/mol. The Bertz CT molecular complexity index is 942. The highest BCUT2D eigenvalue weighted by atomic mass is 16.6. The Kier molecular flexibility index (Phi) is 6.03. The minimum atomic E-state index is -0.526. The molecule has 2 amide bonds. The van der Waals surface area contributed by atoms with Gasteiger partial charge < -0.3 is 19.4 Å². The van der Waals surface area contributed by atoms with Crippen molar-refractivity contribution in [2.75, 3.05) is 44.2 Å². The van der Waals surface area contributed by atoms with Crippen LogP contribution in [0.1, 0.15) is 33.6 Å². The van der Waals surface area contributed by atoms with Crippen molar-refractivity contribution in [1.29, 1.82) is 0 Å². The first-order valence-corrected chi connectivity index (χ1v) is 11.2. The third kappa shape index (κ3) is 4.92. The van der Waals surface area contributed by atoms with Gasteiger partial charge in [0.25, 0.3) is 0 Å². The molecule has 4 rings (SSSR count). The van der Waals surface area contributed by atoms with Crippen molar-refractivity contribution >= 4 is 28.6 Å². The lowest BCUT2D eigenvalue weighted by Crippen LogP contribution is -2.53. The number of carbonyl (C=O) groups is 2. The number of pyridine rings is 1. The summed E-state index contributed by atoms with van der Waals surface area (Å²) >= 11 is 0. The summed E-state index contributed by atoms with van der Waals surface area (Å²) in [4.78, 5) is 36.1. The Morgan fingerprint density at radius 3 is 2.48 bits per heavy atom. The topological polar surface area (TPSA) is 66.0 Å². The van der Waals surface area contributed by atoms with Crippen LogP contribution in [-0.2, 0) is 9.53 Å². The fourth-order valence-corrected chi connectivity index (χ4v) is 4.45. The van der Waals surface area contributed by atoms with E-state index in [1.165, 1.54) is 5.69 Å². The molecule has 0 aliphatic carbocycles. The summed E-state index contributed by atoms with van der Waals surface area (Å²) in [6, 6.07) is 10.2. The lowest BCUT2D eigenvalue weighted by Gasteiger charge is -2.40. The third-order valence-corrected chi connectivity index (χ3v) is 5.98. The number of ether oxygens (including phenoxy) is 1. The molecule has 1 aromatic heterocycles. The number of para-hydroxylation sites is 1. The van der Waals surface area contributed by atoms with E-state index in [-0.39, 0.29) is 17.9 Å². The standard InChI is InChI=1S/C24H32N4O3/c1-24(2,3)31-23(30)28-12-6-7-18(17-28)22(29)27-15-13-26(14-16-27)21-10-11-25-20-9-5-4-8-19(20)21/h4-5,8-11,18H,6-7,12-17H2,1-3H3. The average Bonchev–Trinajstić information content (AvgIpc) is 2.77. The summed E-state index contributed by atoms with van der Waals surface area (Å²) < 4.78 is 5.50. The first-order valence-electron chi connectivity index (χ1n) is 11.2. The number of carbonyl (C=O) groups excluding carboxylic acids is 2. The molecule has 3 heterocycles. The van der Waals surface area contributed by atoms with E-state index in [0.29, 0.717) is 26.2 Å². The van der Waals surface area contributed by atoms with Gasteiger partial charge in [-0.05, 0) is 45.7 Å². The van der Waals surface area contributed by atoms with Gasteiger partial charge in [-0.25, -0.2) is 4.79 Å². The predicted octanol–water partition coefficient (Wildman–Crippen LogP) is 3.53. The number of rotatable bonds is 2. The van der Waals surface area contributed by atoms with Crippen LogP contribution in [-0.4, -0.2) is 71.7 Å². The van der Waals surface area contributed by atoms with Crippen molar-refractivity contribution < 1.29 is 14.3 Å². The van der Waals surface area contributed by atoms with Crippen LogP contribution in [0.25, 0.3) is 10.9 Å². The van der Waals surface area contributed by atoms with Crippen LogP contribution in [0.3, 0.4) is 0 Å². The maximum Gasteiger partial charge on any atom is 0.410 e. The number of fused-ring (bicyclic) bond motifs is 1. The fourth-order valence-electron chi connectivity index (χ4n) is 4.45. The SMILES string of the molecule is CC(C)(C)OC(=O)N1CCCC(C(=O)N2CCN(c3ccnc4ccccc34)CC2)C1. The normalized spacial score (nSPS) is 20.1. The van der Waals surface area contributed by atoms with E-state index in [9.17, 15) is 9.59 Å². The number of aromatic nitrogens is 1. The third-order valence-electron chi connectivity index (χ3n) is 5.98. The number of amides is 2. The second-order valence-corrected chi connectivity index (χ2v) is 9.43. The highest BCUT2D eigenvalue weighted by Crippen LogP contribution is 2.27. The van der Waals surface area contributed by atoms with E-state index in [0.717, 1.165) is 36.8 Å². The molecule has 31 heavy (non-hydrogen) atoms. The van der Waals surface area contributed by atoms with E-state index < -0.39 is 5.60 Å². The van der Waals surface area contributed by atoms with Crippen LogP contribution in [0.15, 0.2) is 36.5 Å². The predicted molar refractivity (Wildman–Crippen MR) is 121 cm³/mol. The first-order chi connectivity index (χ1) is 14.8. The van der Waals surface area contributed by atoms with Crippen molar-refractivity contribution in [3.05, 3.63) is 36.5 Å². The molecule has 2 fully saturated rings. The minimum absolute atomic E-state index is 0.144. The second kappa shape index (κ2) is 8.73. The molecule has 7 nitrogen and oxygen atoms in total. The van der Waals surface area contributed by atoms with Gasteiger partial charge in [-0.1, -0.05) is 18.2 Å². The van der Waals surface area contributed by atoms with E-state index in [1.807, 2.05) is 50.1 Å². The number of piperidine rings is 1. The molecule has 1 unspecified atom stereocenters. The molecule has 166 valence electrons. The second-order valence-electron chi connectivity index (χ2n) is 9.43. The number of anilines is 1. The van der Waals surface area contributed by atoms with E-state index in [2.05, 4.69) is 22.0 Å². The molecular weight excluding hydrogens is 392 g/mol. The average molecular weight is 425 g/mol. The summed E-state index contributed by atoms with van der Waals surface area (Å²) in [5.74, 6) is 0.0158. The maximum absolute atomic E-state index is 13.2. The highest BCUT2D eigenvalue weighted by Gasteiger charge is 2.34. The van der Waals surface area contributed by atoms with E-state index >= 15 is 0 Å². The number of hydrogen-bond acceptors (Lipinski definition) is 5. The van der Waals surface area contributed by atoms with Crippen molar-refractivity contribution in [3.8, 4) is 0 Å². The summed E-state index contributed by atoms with van der Waals surface area (Å²) in [5, 5.41) is 1.14. The Balaban J connectivity index is 1.36. The first kappa shape index (κ1) is 21.4. The van der Waals surface area contributed by atoms with Gasteiger partial charge in [-0.15, -0.1) is 0 Å². The fraction of sp³-hybridized carbons (Fsp3) is 0.542. The molecule has 1 aromatic carbocycles. The zero-order chi connectivity index (χ0) is 22.0. The summed E-state index contributed by atoms with van der Waals surface area (Å²) in [5.41, 5.74) is 1.64. The number of piperazine rings is 1. The Morgan fingerprint density at radius 2 is 1.74 bits per heavy atom. The lowest BCUT2D eigenvalue weighted by molar-refractivity contribution is -0.137. The van der Waals surface area contributed by atoms with Crippen LogP contribution in [0.4, 0.5) is 10.5 Å². The Hall–Kier alpha value is -2.83. The number of nitrogens with zero attached hydrogens (tertiary/aromatic N) is 4. The quantitative estimate of drug-likeness (QED) is 0.738. The largest absolute Gasteiger partial charge is 0.444 e. The number of hydrogen-bond donors (Lipinski definition) is 0. The summed E-state index contributed by atoms with van der Waals surface area (Å²) in [6.07, 6.45) is 3.19. The molecule has 0 bridgehead atoms. The molecule has 0 saturated carbocycles. The van der Waals surface area contributed by atoms with Gasteiger partial charge in [0.2, 0.25) is 5.91 Å². The zero-order valence-electron chi connectivity index (χ0n) is 18.7. The van der Waals surface area contributed by atoms with E-state index in [1.54, 1.807) is 4.90 Å². The molecule has 2 aliphatic rings. The van der Waals surface area contributed by atoms with Gasteiger partial charge in [-0.2, -0.15) is 0 Å². The molecule has 2 aliphatic heterocycles. The Labute approximate surface area is 184 Å². The summed E-state index contributed by atoms with van der Waals surface area (Å²) in [7, 11) is 0. The molecule has 0 radical (unpaired) electrons. The van der Waals surface area contributed by atoms with Crippen LogP contribution < -0.4 is 4.90 Å². The van der Waals surface area contributed by atoms with Gasteiger partial charge in [0.1, 0.15) is 5.60 Å². The Morgan fingerprint density at radius 1 is 1.00 bits per heavy atom.